The van der Waals surface area contributed by atoms with Crippen LogP contribution >= 0.6 is 11.8 Å². The van der Waals surface area contributed by atoms with Gasteiger partial charge < -0.3 is 4.74 Å². The number of benzene rings is 2. The average molecular weight is 493 g/mol. The summed E-state index contributed by atoms with van der Waals surface area (Å²) < 4.78 is 32.4. The van der Waals surface area contributed by atoms with E-state index in [1.54, 1.807) is 30.5 Å². The number of alkyl halides is 2. The molecule has 3 heterocycles. The normalized spacial score (nSPS) is 11.4. The van der Waals surface area contributed by atoms with Crippen LogP contribution in [-0.2, 0) is 5.75 Å². The van der Waals surface area contributed by atoms with Gasteiger partial charge in [0.05, 0.1) is 22.3 Å². The molecule has 0 saturated carbocycles. The number of aryl methyl sites for hydroxylation is 1. The number of pyridine rings is 1. The first-order chi connectivity index (χ1) is 16.9. The van der Waals surface area contributed by atoms with Crippen molar-refractivity contribution in [3.8, 4) is 11.4 Å². The van der Waals surface area contributed by atoms with Gasteiger partial charge in [-0.2, -0.15) is 8.78 Å². The molecule has 0 N–H and O–H groups in total. The number of rotatable bonds is 6. The molecule has 0 saturated heterocycles. The van der Waals surface area contributed by atoms with Crippen LogP contribution < -0.4 is 15.9 Å². The van der Waals surface area contributed by atoms with Crippen molar-refractivity contribution in [2.24, 2.45) is 0 Å². The summed E-state index contributed by atoms with van der Waals surface area (Å²) >= 11 is 1.25. The number of fused-ring (bicyclic) bond motifs is 2. The lowest BCUT2D eigenvalue weighted by atomic mass is 10.2. The van der Waals surface area contributed by atoms with Gasteiger partial charge in [0.25, 0.3) is 11.1 Å². The van der Waals surface area contributed by atoms with Crippen molar-refractivity contribution in [1.29, 1.82) is 0 Å². The predicted octanol–water partition coefficient (Wildman–Crippen LogP) is 4.60. The first kappa shape index (κ1) is 22.7. The van der Waals surface area contributed by atoms with Gasteiger partial charge in [0.1, 0.15) is 11.4 Å². The number of halogens is 2. The van der Waals surface area contributed by atoms with Crippen molar-refractivity contribution in [2.75, 3.05) is 0 Å². The second-order valence-corrected chi connectivity index (χ2v) is 8.67. The van der Waals surface area contributed by atoms with Crippen molar-refractivity contribution in [1.82, 2.24) is 18.9 Å². The van der Waals surface area contributed by atoms with Gasteiger partial charge in [0.2, 0.25) is 0 Å². The van der Waals surface area contributed by atoms with E-state index in [0.717, 1.165) is 5.56 Å². The van der Waals surface area contributed by atoms with Crippen LogP contribution in [0.3, 0.4) is 0 Å². The van der Waals surface area contributed by atoms with Gasteiger partial charge in [0.15, 0.2) is 5.16 Å². The summed E-state index contributed by atoms with van der Waals surface area (Å²) in [4.78, 5) is 35.1. The molecule has 2 aromatic carbocycles. The van der Waals surface area contributed by atoms with Gasteiger partial charge in [-0.25, -0.2) is 9.97 Å². The summed E-state index contributed by atoms with van der Waals surface area (Å²) in [6, 6.07) is 17.8. The van der Waals surface area contributed by atoms with Crippen LogP contribution in [-0.4, -0.2) is 25.5 Å². The van der Waals surface area contributed by atoms with E-state index in [1.807, 2.05) is 19.1 Å². The SMILES string of the molecule is Cc1ccn2c(=O)cc(CSc3nc4ccccc4c(=O)n3-c3ccc(OC(F)F)cc3)nc2c1. The fourth-order valence-electron chi connectivity index (χ4n) is 3.68. The Morgan fingerprint density at radius 3 is 2.54 bits per heavy atom. The highest BCUT2D eigenvalue weighted by Gasteiger charge is 2.15. The van der Waals surface area contributed by atoms with Crippen LogP contribution in [0.25, 0.3) is 22.2 Å². The third-order valence-electron chi connectivity index (χ3n) is 5.29. The summed E-state index contributed by atoms with van der Waals surface area (Å²) in [7, 11) is 0. The van der Waals surface area contributed by atoms with Crippen LogP contribution in [0.1, 0.15) is 11.3 Å². The molecule has 176 valence electrons. The molecule has 0 aliphatic rings. The predicted molar refractivity (Wildman–Crippen MR) is 130 cm³/mol. The molecule has 0 aliphatic carbocycles. The first-order valence-electron chi connectivity index (χ1n) is 10.6. The van der Waals surface area contributed by atoms with Crippen molar-refractivity contribution in [2.45, 2.75) is 24.4 Å². The van der Waals surface area contributed by atoms with E-state index < -0.39 is 6.61 Å². The molecule has 5 rings (SSSR count). The van der Waals surface area contributed by atoms with Crippen LogP contribution in [0.2, 0.25) is 0 Å². The van der Waals surface area contributed by atoms with Crippen LogP contribution in [0.4, 0.5) is 8.78 Å². The van der Waals surface area contributed by atoms with Crippen molar-refractivity contribution >= 4 is 28.3 Å². The molecule has 0 fully saturated rings. The summed E-state index contributed by atoms with van der Waals surface area (Å²) in [6.07, 6.45) is 1.68. The average Bonchev–Trinajstić information content (AvgIpc) is 2.83. The van der Waals surface area contributed by atoms with Gasteiger partial charge in [-0.05, 0) is 61.0 Å². The van der Waals surface area contributed by atoms with E-state index in [9.17, 15) is 18.4 Å². The van der Waals surface area contributed by atoms with E-state index in [0.29, 0.717) is 33.1 Å². The highest BCUT2D eigenvalue weighted by Crippen LogP contribution is 2.25. The maximum atomic E-state index is 13.4. The Morgan fingerprint density at radius 1 is 1.00 bits per heavy atom. The van der Waals surface area contributed by atoms with Crippen molar-refractivity contribution in [3.63, 3.8) is 0 Å². The quantitative estimate of drug-likeness (QED) is 0.255. The number of thioether (sulfide) groups is 1. The molecule has 35 heavy (non-hydrogen) atoms. The fraction of sp³-hybridized carbons (Fsp3) is 0.120. The summed E-state index contributed by atoms with van der Waals surface area (Å²) in [5, 5.41) is 0.796. The number of ether oxygens (including phenoxy) is 1. The largest absolute Gasteiger partial charge is 0.435 e. The number of hydrogen-bond acceptors (Lipinski definition) is 6. The molecule has 0 bridgehead atoms. The van der Waals surface area contributed by atoms with E-state index in [-0.39, 0.29) is 22.6 Å². The zero-order valence-corrected chi connectivity index (χ0v) is 19.2. The highest BCUT2D eigenvalue weighted by molar-refractivity contribution is 7.98. The Morgan fingerprint density at radius 2 is 1.77 bits per heavy atom. The lowest BCUT2D eigenvalue weighted by molar-refractivity contribution is -0.0498. The molecule has 0 unspecified atom stereocenters. The molecular formula is C25H18F2N4O3S. The molecule has 0 spiro atoms. The summed E-state index contributed by atoms with van der Waals surface area (Å²) in [5.74, 6) is 0.271. The number of para-hydroxylation sites is 1. The Hall–Kier alpha value is -4.05. The second-order valence-electron chi connectivity index (χ2n) is 7.73. The smallest absolute Gasteiger partial charge is 0.387 e. The Balaban J connectivity index is 1.56. The Labute approximate surface area is 201 Å². The molecule has 3 aromatic heterocycles. The van der Waals surface area contributed by atoms with Gasteiger partial charge >= 0.3 is 6.61 Å². The van der Waals surface area contributed by atoms with E-state index in [4.69, 9.17) is 0 Å². The summed E-state index contributed by atoms with van der Waals surface area (Å²) in [5.41, 5.74) is 2.51. The number of hydrogen-bond donors (Lipinski definition) is 0. The zero-order chi connectivity index (χ0) is 24.5. The third-order valence-corrected chi connectivity index (χ3v) is 6.26. The maximum absolute atomic E-state index is 13.4. The van der Waals surface area contributed by atoms with Crippen LogP contribution in [0, 0.1) is 6.92 Å². The first-order valence-corrected chi connectivity index (χ1v) is 11.6. The monoisotopic (exact) mass is 492 g/mol. The Bertz CT molecular complexity index is 1670. The van der Waals surface area contributed by atoms with Crippen molar-refractivity contribution < 1.29 is 13.5 Å². The number of aromatic nitrogens is 4. The lowest BCUT2D eigenvalue weighted by Gasteiger charge is -2.14. The molecule has 10 heteroatoms. The molecule has 5 aromatic rings. The van der Waals surface area contributed by atoms with E-state index in [2.05, 4.69) is 14.7 Å². The van der Waals surface area contributed by atoms with E-state index in [1.165, 1.54) is 51.1 Å². The third kappa shape index (κ3) is 4.65. The minimum atomic E-state index is -2.95. The van der Waals surface area contributed by atoms with Gasteiger partial charge in [0, 0.05) is 18.0 Å². The molecular weight excluding hydrogens is 474 g/mol. The molecule has 0 radical (unpaired) electrons. The fourth-order valence-corrected chi connectivity index (χ4v) is 4.58. The molecule has 0 atom stereocenters. The molecule has 0 amide bonds. The van der Waals surface area contributed by atoms with Gasteiger partial charge in [-0.3, -0.25) is 18.6 Å². The zero-order valence-electron chi connectivity index (χ0n) is 18.4. The highest BCUT2D eigenvalue weighted by atomic mass is 32.2. The molecule has 7 nitrogen and oxygen atoms in total. The van der Waals surface area contributed by atoms with Crippen LogP contribution in [0.5, 0.6) is 5.75 Å². The topological polar surface area (TPSA) is 78.5 Å². The minimum Gasteiger partial charge on any atom is -0.435 e. The second kappa shape index (κ2) is 9.30. The van der Waals surface area contributed by atoms with Gasteiger partial charge in [-0.1, -0.05) is 23.9 Å². The standard InChI is InChI=1S/C25H18F2N4O3S/c1-15-10-11-30-21(12-15)28-16(13-22(30)32)14-35-25-29-20-5-3-2-4-19(20)23(33)31(25)17-6-8-18(9-7-17)34-24(26)27/h2-13,24H,14H2,1H3. The molecule has 0 aliphatic heterocycles. The summed E-state index contributed by atoms with van der Waals surface area (Å²) in [6.45, 7) is -1.03. The number of nitrogens with zero attached hydrogens (tertiary/aromatic N) is 4. The van der Waals surface area contributed by atoms with Crippen molar-refractivity contribution in [3.05, 3.63) is 105 Å². The van der Waals surface area contributed by atoms with Crippen LogP contribution in [0.15, 0.2) is 87.7 Å². The minimum absolute atomic E-state index is 0.0177. The van der Waals surface area contributed by atoms with E-state index >= 15 is 0 Å². The Kier molecular flexibility index (Phi) is 6.04. The maximum Gasteiger partial charge on any atom is 0.387 e. The van der Waals surface area contributed by atoms with Gasteiger partial charge in [-0.15, -0.1) is 0 Å². The lowest BCUT2D eigenvalue weighted by Crippen LogP contribution is -2.22.